The summed E-state index contributed by atoms with van der Waals surface area (Å²) < 4.78 is 26.0. The lowest BCUT2D eigenvalue weighted by atomic mass is 9.99. The zero-order chi connectivity index (χ0) is 44.4. The van der Waals surface area contributed by atoms with Gasteiger partial charge in [-0.25, -0.2) is 8.42 Å². The second kappa shape index (κ2) is 23.4. The molecule has 6 atom stereocenters. The molecule has 0 aliphatic heterocycles. The maximum atomic E-state index is 13.4. The molecule has 19 heteroatoms. The smallest absolute Gasteiger partial charge is 0.325 e. The average molecular weight is 841 g/mol. The largest absolute Gasteiger partial charge is 0.480 e. The Bertz CT molecular complexity index is 1850. The number of primary amides is 2. The van der Waals surface area contributed by atoms with Crippen LogP contribution in [0.4, 0.5) is 0 Å². The van der Waals surface area contributed by atoms with Gasteiger partial charge in [0.05, 0.1) is 37.0 Å². The molecule has 2 unspecified atom stereocenters. The van der Waals surface area contributed by atoms with Crippen LogP contribution in [0.3, 0.4) is 0 Å². The van der Waals surface area contributed by atoms with Gasteiger partial charge in [0, 0.05) is 10.8 Å². The lowest BCUT2D eigenvalue weighted by molar-refractivity contribution is -0.141. The van der Waals surface area contributed by atoms with E-state index >= 15 is 0 Å². The van der Waals surface area contributed by atoms with Crippen molar-refractivity contribution in [3.05, 3.63) is 94.8 Å². The summed E-state index contributed by atoms with van der Waals surface area (Å²) in [7, 11) is -4.44. The Kier molecular flexibility index (Phi) is 19.5. The van der Waals surface area contributed by atoms with Crippen LogP contribution >= 0.6 is 0 Å². The van der Waals surface area contributed by atoms with Gasteiger partial charge in [-0.15, -0.1) is 0 Å². The van der Waals surface area contributed by atoms with E-state index in [0.717, 1.165) is 0 Å². The Morgan fingerprint density at radius 3 is 1.17 bits per heavy atom. The highest BCUT2D eigenvalue weighted by atomic mass is 32.2. The number of hydrogen-bond donors (Lipinski definition) is 8. The van der Waals surface area contributed by atoms with Gasteiger partial charge >= 0.3 is 11.9 Å². The monoisotopic (exact) mass is 840 g/mol. The summed E-state index contributed by atoms with van der Waals surface area (Å²) in [5.74, 6) is -8.69. The molecule has 0 saturated carbocycles. The summed E-state index contributed by atoms with van der Waals surface area (Å²) in [6.45, 7) is 6.90. The molecule has 2 aromatic carbocycles. The number of nitrogens with one attached hydrogen (secondary N) is 4. The Morgan fingerprint density at radius 1 is 0.576 bits per heavy atom. The van der Waals surface area contributed by atoms with Crippen LogP contribution in [0.5, 0.6) is 0 Å². The first-order valence-corrected chi connectivity index (χ1v) is 20.1. The highest BCUT2D eigenvalue weighted by molar-refractivity contribution is 7.97. The number of benzene rings is 2. The molecular formula is C40H52N6O12S. The summed E-state index contributed by atoms with van der Waals surface area (Å²) >= 11 is 0. The van der Waals surface area contributed by atoms with Gasteiger partial charge in [0.2, 0.25) is 23.6 Å². The number of carbonyl (C=O) groups is 8. The van der Waals surface area contributed by atoms with Crippen molar-refractivity contribution in [3.8, 4) is 0 Å². The van der Waals surface area contributed by atoms with Gasteiger partial charge in [-0.2, -0.15) is 0 Å². The van der Waals surface area contributed by atoms with Crippen molar-refractivity contribution in [1.82, 2.24) is 21.3 Å². The number of amides is 4. The number of nitrogens with two attached hydrogens (primary N) is 2. The number of ketones is 2. The summed E-state index contributed by atoms with van der Waals surface area (Å²) in [6.07, 6.45) is 0.104. The molecule has 0 aliphatic carbocycles. The third kappa shape index (κ3) is 17.5. The maximum Gasteiger partial charge on any atom is 0.325 e. The van der Waals surface area contributed by atoms with Crippen LogP contribution in [0.1, 0.15) is 76.6 Å². The first-order chi connectivity index (χ1) is 27.6. The summed E-state index contributed by atoms with van der Waals surface area (Å²) in [6, 6.07) is 7.09. The lowest BCUT2D eigenvalue weighted by Crippen LogP contribution is -2.53. The fraction of sp³-hybridized carbons (Fsp3) is 0.400. The second-order valence-electron chi connectivity index (χ2n) is 14.5. The molecule has 0 radical (unpaired) electrons. The molecule has 2 aromatic rings. The van der Waals surface area contributed by atoms with E-state index in [9.17, 15) is 57.0 Å². The topological polar surface area (TPSA) is 311 Å². The molecular weight excluding hydrogens is 789 g/mol. The highest BCUT2D eigenvalue weighted by Crippen LogP contribution is 2.17. The van der Waals surface area contributed by atoms with E-state index in [2.05, 4.69) is 21.3 Å². The van der Waals surface area contributed by atoms with Gasteiger partial charge < -0.3 is 32.3 Å². The van der Waals surface area contributed by atoms with Crippen molar-refractivity contribution in [1.29, 1.82) is 0 Å². The highest BCUT2D eigenvalue weighted by Gasteiger charge is 2.33. The third-order valence-electron chi connectivity index (χ3n) is 8.52. The van der Waals surface area contributed by atoms with Crippen LogP contribution in [0.2, 0.25) is 0 Å². The first-order valence-electron chi connectivity index (χ1n) is 18.5. The predicted molar refractivity (Wildman–Crippen MR) is 215 cm³/mol. The van der Waals surface area contributed by atoms with E-state index in [1.54, 1.807) is 64.1 Å². The molecule has 0 heterocycles. The van der Waals surface area contributed by atoms with Crippen LogP contribution in [-0.4, -0.2) is 89.9 Å². The van der Waals surface area contributed by atoms with E-state index in [4.69, 9.17) is 11.5 Å². The van der Waals surface area contributed by atoms with E-state index in [1.807, 2.05) is 0 Å². The number of carboxylic acid groups (broad SMARTS) is 2. The molecule has 0 saturated heterocycles. The quantitative estimate of drug-likeness (QED) is 0.0612. The molecule has 0 fully saturated rings. The average Bonchev–Trinajstić information content (AvgIpc) is 3.15. The van der Waals surface area contributed by atoms with Crippen LogP contribution in [-0.2, 0) is 48.2 Å². The number of aliphatic carboxylic acids is 2. The van der Waals surface area contributed by atoms with Gasteiger partial charge in [0.1, 0.15) is 12.1 Å². The molecule has 0 spiro atoms. The van der Waals surface area contributed by atoms with Crippen LogP contribution in [0.25, 0.3) is 0 Å². The van der Waals surface area contributed by atoms with Crippen LogP contribution in [0, 0.1) is 11.8 Å². The Labute approximate surface area is 342 Å². The van der Waals surface area contributed by atoms with Crippen molar-refractivity contribution < 1.29 is 57.0 Å². The molecule has 10 N–H and O–H groups in total. The number of sulfone groups is 1. The minimum absolute atomic E-state index is 0.00830. The molecule has 320 valence electrons. The van der Waals surface area contributed by atoms with Gasteiger partial charge in [-0.05, 0) is 48.0 Å². The minimum Gasteiger partial charge on any atom is -0.480 e. The van der Waals surface area contributed by atoms with Gasteiger partial charge in [-0.3, -0.25) is 49.0 Å². The molecule has 0 bridgehead atoms. The zero-order valence-corrected chi connectivity index (χ0v) is 33.9. The molecule has 4 amide bonds. The lowest BCUT2D eigenvalue weighted by Gasteiger charge is -2.25. The van der Waals surface area contributed by atoms with E-state index in [0.29, 0.717) is 23.0 Å². The zero-order valence-electron chi connectivity index (χ0n) is 33.1. The van der Waals surface area contributed by atoms with Crippen molar-refractivity contribution in [2.45, 2.75) is 89.6 Å². The van der Waals surface area contributed by atoms with E-state index in [-0.39, 0.29) is 35.8 Å². The Balaban J connectivity index is 2.28. The summed E-state index contributed by atoms with van der Waals surface area (Å²) in [5.41, 5.74) is 11.2. The van der Waals surface area contributed by atoms with Crippen molar-refractivity contribution in [2.24, 2.45) is 23.3 Å². The second-order valence-corrected chi connectivity index (χ2v) is 16.2. The number of carbonyl (C=O) groups excluding carboxylic acids is 6. The summed E-state index contributed by atoms with van der Waals surface area (Å²) in [4.78, 5) is 101. The minimum atomic E-state index is -4.44. The molecule has 59 heavy (non-hydrogen) atoms. The van der Waals surface area contributed by atoms with Crippen LogP contribution < -0.4 is 32.7 Å². The normalized spacial score (nSPS) is 14.9. The third-order valence-corrected chi connectivity index (χ3v) is 9.55. The number of carboxylic acids is 2. The van der Waals surface area contributed by atoms with Gasteiger partial charge in [0.15, 0.2) is 21.4 Å². The van der Waals surface area contributed by atoms with Crippen molar-refractivity contribution >= 4 is 57.0 Å². The standard InChI is InChI=1S/C40H52N6O12S/c1-23(2)19-27(45-37(51)29(21-33(41)49)43-35(39(53)54)25-11-7-5-8-12-25)31(47)15-17-59(57,58)18-16-32(48)28(20-24(3)4)46-38(52)30(22-34(42)50)44-36(40(55)56)26-13-9-6-10-14-26/h5-18,23-24,27-30,35-36,43-44H,19-22H2,1-4H3,(H2,41,49)(H2,42,50)(H,45,51)(H,46,52)(H,53,54)(H,55,56)/t27-,28-,29-,30-,35?,36?/m0/s1. The molecule has 0 aliphatic rings. The van der Waals surface area contributed by atoms with Crippen LogP contribution in [0.15, 0.2) is 83.6 Å². The molecule has 0 aromatic heterocycles. The first kappa shape index (κ1) is 49.1. The molecule has 2 rings (SSSR count). The van der Waals surface area contributed by atoms with Crippen molar-refractivity contribution in [2.75, 3.05) is 0 Å². The fourth-order valence-electron chi connectivity index (χ4n) is 5.75. The molecule has 18 nitrogen and oxygen atoms in total. The maximum absolute atomic E-state index is 13.4. The van der Waals surface area contributed by atoms with E-state index in [1.165, 1.54) is 24.3 Å². The van der Waals surface area contributed by atoms with Gasteiger partial charge in [0.25, 0.3) is 0 Å². The predicted octanol–water partition coefficient (Wildman–Crippen LogP) is 0.948. The Hall–Kier alpha value is -6.05. The number of rotatable bonds is 26. The SMILES string of the molecule is CC(C)C[C@H](NC(=O)[C@H](CC(N)=O)NC(C(=O)O)c1ccccc1)C(=O)C=CS(=O)(=O)C=CC(=O)[C@H](CC(C)C)NC(=O)[C@H](CC(N)=O)NC(C(=O)O)c1ccccc1. The fourth-order valence-corrected chi connectivity index (χ4v) is 6.49. The van der Waals surface area contributed by atoms with E-state index < -0.39 is 106 Å². The van der Waals surface area contributed by atoms with Crippen molar-refractivity contribution in [3.63, 3.8) is 0 Å². The van der Waals surface area contributed by atoms with Gasteiger partial charge in [-0.1, -0.05) is 88.4 Å². The Morgan fingerprint density at radius 2 is 0.898 bits per heavy atom. The number of hydrogen-bond acceptors (Lipinski definition) is 12. The summed E-state index contributed by atoms with van der Waals surface area (Å²) in [5, 5.41) is 30.8.